The highest BCUT2D eigenvalue weighted by Gasteiger charge is 2.39. The number of amides is 1. The van der Waals surface area contributed by atoms with Crippen molar-refractivity contribution in [1.82, 2.24) is 4.90 Å². The first-order valence-corrected chi connectivity index (χ1v) is 7.02. The average Bonchev–Trinajstić information content (AvgIpc) is 2.39. The molecule has 2 rings (SSSR count). The fourth-order valence-corrected chi connectivity index (χ4v) is 2.37. The van der Waals surface area contributed by atoms with Crippen LogP contribution in [0.3, 0.4) is 0 Å². The molecule has 110 valence electrons. The number of rotatable bonds is 6. The summed E-state index contributed by atoms with van der Waals surface area (Å²) in [5.74, 6) is 0.590. The standard InChI is InChI=1S/C15H22N2O3/c1-3-15(19)10-17(11-15)9-14(18)16-12-7-5-6-8-13(12)20-4-2/h5-8,19H,3-4,9-11H2,1-2H3,(H,16,18). The van der Waals surface area contributed by atoms with Crippen LogP contribution in [0.4, 0.5) is 5.69 Å². The van der Waals surface area contributed by atoms with Gasteiger partial charge in [-0.3, -0.25) is 9.69 Å². The number of likely N-dealkylation sites (tertiary alicyclic amines) is 1. The molecule has 0 saturated carbocycles. The molecule has 0 atom stereocenters. The van der Waals surface area contributed by atoms with Gasteiger partial charge in [-0.25, -0.2) is 0 Å². The largest absolute Gasteiger partial charge is 0.492 e. The smallest absolute Gasteiger partial charge is 0.238 e. The van der Waals surface area contributed by atoms with Crippen molar-refractivity contribution in [3.05, 3.63) is 24.3 Å². The van der Waals surface area contributed by atoms with E-state index in [-0.39, 0.29) is 5.91 Å². The number of ether oxygens (including phenoxy) is 1. The van der Waals surface area contributed by atoms with Gasteiger partial charge in [-0.2, -0.15) is 0 Å². The van der Waals surface area contributed by atoms with Crippen LogP contribution in [-0.4, -0.2) is 47.8 Å². The average molecular weight is 278 g/mol. The van der Waals surface area contributed by atoms with Crippen molar-refractivity contribution in [3.8, 4) is 5.75 Å². The molecule has 1 aliphatic heterocycles. The van der Waals surface area contributed by atoms with Crippen molar-refractivity contribution in [2.75, 3.05) is 31.6 Å². The van der Waals surface area contributed by atoms with Crippen LogP contribution >= 0.6 is 0 Å². The van der Waals surface area contributed by atoms with Gasteiger partial charge in [0, 0.05) is 13.1 Å². The van der Waals surface area contributed by atoms with E-state index in [4.69, 9.17) is 4.74 Å². The highest BCUT2D eigenvalue weighted by Crippen LogP contribution is 2.25. The molecular weight excluding hydrogens is 256 g/mol. The lowest BCUT2D eigenvalue weighted by Gasteiger charge is -2.45. The zero-order valence-corrected chi connectivity index (χ0v) is 12.1. The fraction of sp³-hybridized carbons (Fsp3) is 0.533. The van der Waals surface area contributed by atoms with Crippen LogP contribution in [0.5, 0.6) is 5.75 Å². The topological polar surface area (TPSA) is 61.8 Å². The molecule has 1 aromatic rings. The molecule has 0 radical (unpaired) electrons. The molecule has 1 fully saturated rings. The summed E-state index contributed by atoms with van der Waals surface area (Å²) in [7, 11) is 0. The van der Waals surface area contributed by atoms with Gasteiger partial charge in [-0.15, -0.1) is 0 Å². The van der Waals surface area contributed by atoms with Crippen LogP contribution in [0.2, 0.25) is 0 Å². The van der Waals surface area contributed by atoms with E-state index in [1.807, 2.05) is 43.0 Å². The van der Waals surface area contributed by atoms with E-state index in [0.29, 0.717) is 37.7 Å². The van der Waals surface area contributed by atoms with E-state index in [0.717, 1.165) is 6.42 Å². The van der Waals surface area contributed by atoms with Gasteiger partial charge in [-0.1, -0.05) is 19.1 Å². The number of nitrogens with one attached hydrogen (secondary N) is 1. The monoisotopic (exact) mass is 278 g/mol. The second-order valence-corrected chi connectivity index (χ2v) is 5.20. The number of carbonyl (C=O) groups is 1. The molecule has 5 heteroatoms. The van der Waals surface area contributed by atoms with Gasteiger partial charge >= 0.3 is 0 Å². The van der Waals surface area contributed by atoms with Crippen molar-refractivity contribution in [2.45, 2.75) is 25.9 Å². The third-order valence-corrected chi connectivity index (χ3v) is 3.52. The Labute approximate surface area is 119 Å². The first kappa shape index (κ1) is 14.8. The van der Waals surface area contributed by atoms with Crippen LogP contribution < -0.4 is 10.1 Å². The Morgan fingerprint density at radius 2 is 2.10 bits per heavy atom. The molecule has 0 aromatic heterocycles. The molecule has 0 unspecified atom stereocenters. The first-order valence-electron chi connectivity index (χ1n) is 7.02. The summed E-state index contributed by atoms with van der Waals surface area (Å²) in [6.45, 7) is 5.83. The van der Waals surface area contributed by atoms with Crippen molar-refractivity contribution >= 4 is 11.6 Å². The van der Waals surface area contributed by atoms with E-state index < -0.39 is 5.60 Å². The number of carbonyl (C=O) groups excluding carboxylic acids is 1. The van der Waals surface area contributed by atoms with E-state index in [1.54, 1.807) is 0 Å². The van der Waals surface area contributed by atoms with E-state index >= 15 is 0 Å². The summed E-state index contributed by atoms with van der Waals surface area (Å²) in [6.07, 6.45) is 0.721. The van der Waals surface area contributed by atoms with Crippen LogP contribution in [0.15, 0.2) is 24.3 Å². The normalized spacial score (nSPS) is 17.4. The second-order valence-electron chi connectivity index (χ2n) is 5.20. The zero-order chi connectivity index (χ0) is 14.6. The van der Waals surface area contributed by atoms with Crippen molar-refractivity contribution in [2.24, 2.45) is 0 Å². The molecule has 1 heterocycles. The Balaban J connectivity index is 1.86. The minimum absolute atomic E-state index is 0.0877. The highest BCUT2D eigenvalue weighted by atomic mass is 16.5. The van der Waals surface area contributed by atoms with Crippen LogP contribution in [0.1, 0.15) is 20.3 Å². The Morgan fingerprint density at radius 3 is 2.75 bits per heavy atom. The lowest BCUT2D eigenvalue weighted by Crippen LogP contribution is -2.62. The lowest BCUT2D eigenvalue weighted by molar-refractivity contribution is -0.128. The van der Waals surface area contributed by atoms with Crippen LogP contribution in [0.25, 0.3) is 0 Å². The third kappa shape index (κ3) is 3.49. The highest BCUT2D eigenvalue weighted by molar-refractivity contribution is 5.93. The minimum Gasteiger partial charge on any atom is -0.492 e. The number of aliphatic hydroxyl groups is 1. The quantitative estimate of drug-likeness (QED) is 0.827. The number of nitrogens with zero attached hydrogens (tertiary/aromatic N) is 1. The van der Waals surface area contributed by atoms with Gasteiger partial charge in [0.1, 0.15) is 5.75 Å². The molecule has 20 heavy (non-hydrogen) atoms. The summed E-state index contributed by atoms with van der Waals surface area (Å²) < 4.78 is 5.47. The first-order chi connectivity index (χ1) is 9.56. The van der Waals surface area contributed by atoms with Gasteiger partial charge in [-0.05, 0) is 25.5 Å². The molecule has 0 bridgehead atoms. The zero-order valence-electron chi connectivity index (χ0n) is 12.1. The summed E-state index contributed by atoms with van der Waals surface area (Å²) in [5, 5.41) is 12.8. The molecule has 0 spiro atoms. The van der Waals surface area contributed by atoms with Gasteiger partial charge in [0.2, 0.25) is 5.91 Å². The van der Waals surface area contributed by atoms with E-state index in [9.17, 15) is 9.90 Å². The van der Waals surface area contributed by atoms with Gasteiger partial charge < -0.3 is 15.2 Å². The van der Waals surface area contributed by atoms with E-state index in [1.165, 1.54) is 0 Å². The molecule has 1 saturated heterocycles. The molecule has 1 aromatic carbocycles. The fourth-order valence-electron chi connectivity index (χ4n) is 2.37. The number of para-hydroxylation sites is 2. The van der Waals surface area contributed by atoms with Gasteiger partial charge in [0.25, 0.3) is 0 Å². The summed E-state index contributed by atoms with van der Waals surface area (Å²) >= 11 is 0. The van der Waals surface area contributed by atoms with Crippen molar-refractivity contribution < 1.29 is 14.6 Å². The summed E-state index contributed by atoms with van der Waals surface area (Å²) in [6, 6.07) is 7.38. The van der Waals surface area contributed by atoms with Crippen LogP contribution in [0, 0.1) is 0 Å². The molecule has 5 nitrogen and oxygen atoms in total. The van der Waals surface area contributed by atoms with Gasteiger partial charge in [0.05, 0.1) is 24.4 Å². The minimum atomic E-state index is -0.608. The number of β-amino-alcohol motifs (C(OH)–C–C–N with tert-alkyl or cyclic N) is 1. The van der Waals surface area contributed by atoms with Gasteiger partial charge in [0.15, 0.2) is 0 Å². The maximum atomic E-state index is 12.0. The molecule has 0 aliphatic carbocycles. The van der Waals surface area contributed by atoms with Crippen LogP contribution in [-0.2, 0) is 4.79 Å². The Bertz CT molecular complexity index is 470. The maximum absolute atomic E-state index is 12.0. The Morgan fingerprint density at radius 1 is 1.40 bits per heavy atom. The van der Waals surface area contributed by atoms with E-state index in [2.05, 4.69) is 5.32 Å². The van der Waals surface area contributed by atoms with Crippen molar-refractivity contribution in [1.29, 1.82) is 0 Å². The SMILES string of the molecule is CCOc1ccccc1NC(=O)CN1CC(O)(CC)C1. The lowest BCUT2D eigenvalue weighted by atomic mass is 9.91. The maximum Gasteiger partial charge on any atom is 0.238 e. The molecular formula is C15H22N2O3. The molecule has 1 amide bonds. The summed E-state index contributed by atoms with van der Waals surface area (Å²) in [5.41, 5.74) is 0.0781. The van der Waals surface area contributed by atoms with Crippen molar-refractivity contribution in [3.63, 3.8) is 0 Å². The third-order valence-electron chi connectivity index (χ3n) is 3.52. The Hall–Kier alpha value is -1.59. The molecule has 2 N–H and O–H groups in total. The predicted octanol–water partition coefficient (Wildman–Crippen LogP) is 1.48. The number of anilines is 1. The Kier molecular flexibility index (Phi) is 4.62. The number of hydrogen-bond acceptors (Lipinski definition) is 4. The number of benzene rings is 1. The second kappa shape index (κ2) is 6.24. The summed E-state index contributed by atoms with van der Waals surface area (Å²) in [4.78, 5) is 13.9. The predicted molar refractivity (Wildman–Crippen MR) is 77.9 cm³/mol. The number of hydrogen-bond donors (Lipinski definition) is 2. The molecule has 1 aliphatic rings.